The first-order valence-corrected chi connectivity index (χ1v) is 7.80. The summed E-state index contributed by atoms with van der Waals surface area (Å²) in [6, 6.07) is 10.1. The second kappa shape index (κ2) is 4.98. The predicted molar refractivity (Wildman–Crippen MR) is 78.5 cm³/mol. The highest BCUT2D eigenvalue weighted by atomic mass is 79.9. The van der Waals surface area contributed by atoms with E-state index in [1.54, 1.807) is 0 Å². The van der Waals surface area contributed by atoms with E-state index in [0.717, 1.165) is 20.8 Å². The van der Waals surface area contributed by atoms with Crippen molar-refractivity contribution in [3.8, 4) is 0 Å². The SMILES string of the molecule is O=C(c1ccc(C2CCC2)cc1)c1sccc1Br. The summed E-state index contributed by atoms with van der Waals surface area (Å²) in [4.78, 5) is 13.1. The summed E-state index contributed by atoms with van der Waals surface area (Å²) < 4.78 is 0.889. The standard InChI is InChI=1S/C15H13BrOS/c16-13-8-9-18-15(13)14(17)12-6-4-11(5-7-12)10-2-1-3-10/h4-10H,1-3H2. The Balaban J connectivity index is 1.84. The third-order valence-corrected chi connectivity index (χ3v) is 5.41. The van der Waals surface area contributed by atoms with E-state index in [9.17, 15) is 4.79 Å². The molecule has 0 amide bonds. The fraction of sp³-hybridized carbons (Fsp3) is 0.267. The zero-order valence-corrected chi connectivity index (χ0v) is 12.3. The number of benzene rings is 1. The van der Waals surface area contributed by atoms with Crippen LogP contribution in [0.3, 0.4) is 0 Å². The number of rotatable bonds is 3. The second-order valence-corrected chi connectivity index (χ2v) is 6.45. The molecular formula is C15H13BrOS. The molecule has 92 valence electrons. The maximum Gasteiger partial charge on any atom is 0.204 e. The molecular weight excluding hydrogens is 308 g/mol. The largest absolute Gasteiger partial charge is 0.288 e. The van der Waals surface area contributed by atoms with Crippen molar-refractivity contribution in [3.63, 3.8) is 0 Å². The maximum atomic E-state index is 12.3. The number of thiophene rings is 1. The minimum Gasteiger partial charge on any atom is -0.288 e. The topological polar surface area (TPSA) is 17.1 Å². The van der Waals surface area contributed by atoms with Crippen molar-refractivity contribution in [2.24, 2.45) is 0 Å². The molecule has 1 aliphatic carbocycles. The van der Waals surface area contributed by atoms with Gasteiger partial charge in [-0.15, -0.1) is 11.3 Å². The second-order valence-electron chi connectivity index (χ2n) is 4.68. The molecule has 0 aliphatic heterocycles. The van der Waals surface area contributed by atoms with Gasteiger partial charge in [0.25, 0.3) is 0 Å². The highest BCUT2D eigenvalue weighted by Crippen LogP contribution is 2.36. The molecule has 1 heterocycles. The summed E-state index contributed by atoms with van der Waals surface area (Å²) in [6.45, 7) is 0. The normalized spacial score (nSPS) is 15.4. The van der Waals surface area contributed by atoms with E-state index in [2.05, 4.69) is 28.1 Å². The average Bonchev–Trinajstić information content (AvgIpc) is 2.73. The maximum absolute atomic E-state index is 12.3. The Morgan fingerprint density at radius 2 is 1.89 bits per heavy atom. The van der Waals surface area contributed by atoms with E-state index >= 15 is 0 Å². The molecule has 0 bridgehead atoms. The van der Waals surface area contributed by atoms with Crippen LogP contribution in [0.4, 0.5) is 0 Å². The lowest BCUT2D eigenvalue weighted by Gasteiger charge is -2.25. The molecule has 3 heteroatoms. The molecule has 1 aromatic heterocycles. The minimum absolute atomic E-state index is 0.108. The van der Waals surface area contributed by atoms with Crippen molar-refractivity contribution in [1.82, 2.24) is 0 Å². The Hall–Kier alpha value is -0.930. The van der Waals surface area contributed by atoms with Gasteiger partial charge in [0.2, 0.25) is 5.78 Å². The first-order valence-electron chi connectivity index (χ1n) is 6.13. The minimum atomic E-state index is 0.108. The van der Waals surface area contributed by atoms with Crippen molar-refractivity contribution in [3.05, 3.63) is 56.2 Å². The molecule has 2 aromatic rings. The molecule has 1 aliphatic rings. The van der Waals surface area contributed by atoms with Gasteiger partial charge in [0.05, 0.1) is 4.88 Å². The molecule has 0 saturated heterocycles. The molecule has 18 heavy (non-hydrogen) atoms. The van der Waals surface area contributed by atoms with Gasteiger partial charge in [0.15, 0.2) is 0 Å². The van der Waals surface area contributed by atoms with Gasteiger partial charge in [-0.1, -0.05) is 30.7 Å². The molecule has 0 N–H and O–H groups in total. The molecule has 3 rings (SSSR count). The van der Waals surface area contributed by atoms with Crippen LogP contribution in [0.15, 0.2) is 40.2 Å². The smallest absolute Gasteiger partial charge is 0.204 e. The van der Waals surface area contributed by atoms with E-state index in [1.807, 2.05) is 23.6 Å². The van der Waals surface area contributed by atoms with Crippen LogP contribution in [0.25, 0.3) is 0 Å². The van der Waals surface area contributed by atoms with Gasteiger partial charge in [-0.2, -0.15) is 0 Å². The van der Waals surface area contributed by atoms with Crippen molar-refractivity contribution >= 4 is 33.0 Å². The first kappa shape index (κ1) is 12.1. The molecule has 0 atom stereocenters. The van der Waals surface area contributed by atoms with Crippen LogP contribution in [0.1, 0.15) is 46.0 Å². The quantitative estimate of drug-likeness (QED) is 0.726. The summed E-state index contributed by atoms with van der Waals surface area (Å²) in [7, 11) is 0. The van der Waals surface area contributed by atoms with Crippen LogP contribution in [0.2, 0.25) is 0 Å². The lowest BCUT2D eigenvalue weighted by atomic mass is 9.80. The highest BCUT2D eigenvalue weighted by Gasteiger charge is 2.20. The van der Waals surface area contributed by atoms with E-state index in [4.69, 9.17) is 0 Å². The van der Waals surface area contributed by atoms with Crippen LogP contribution in [0.5, 0.6) is 0 Å². The van der Waals surface area contributed by atoms with Crippen LogP contribution >= 0.6 is 27.3 Å². The van der Waals surface area contributed by atoms with Gasteiger partial charge >= 0.3 is 0 Å². The van der Waals surface area contributed by atoms with E-state index in [1.165, 1.54) is 36.2 Å². The summed E-state index contributed by atoms with van der Waals surface area (Å²) in [5, 5.41) is 1.93. The van der Waals surface area contributed by atoms with Gasteiger partial charge in [0, 0.05) is 10.0 Å². The van der Waals surface area contributed by atoms with Crippen molar-refractivity contribution in [2.45, 2.75) is 25.2 Å². The summed E-state index contributed by atoms with van der Waals surface area (Å²) >= 11 is 4.89. The number of carbonyl (C=O) groups is 1. The Bertz CT molecular complexity index is 566. The van der Waals surface area contributed by atoms with Crippen molar-refractivity contribution in [1.29, 1.82) is 0 Å². The molecule has 0 radical (unpaired) electrons. The van der Waals surface area contributed by atoms with Crippen LogP contribution < -0.4 is 0 Å². The molecule has 0 unspecified atom stereocenters. The van der Waals surface area contributed by atoms with Gasteiger partial charge in [-0.05, 0) is 51.7 Å². The van der Waals surface area contributed by atoms with Gasteiger partial charge < -0.3 is 0 Å². The third kappa shape index (κ3) is 2.17. The number of hydrogen-bond donors (Lipinski definition) is 0. The number of ketones is 1. The monoisotopic (exact) mass is 320 g/mol. The Kier molecular flexibility index (Phi) is 3.35. The summed E-state index contributed by atoms with van der Waals surface area (Å²) in [5.41, 5.74) is 2.16. The zero-order chi connectivity index (χ0) is 12.5. The van der Waals surface area contributed by atoms with Gasteiger partial charge in [0.1, 0.15) is 0 Å². The molecule has 1 saturated carbocycles. The predicted octanol–water partition coefficient (Wildman–Crippen LogP) is 5.01. The number of halogens is 1. The van der Waals surface area contributed by atoms with Crippen LogP contribution in [0, 0.1) is 0 Å². The Labute approximate surface area is 119 Å². The van der Waals surface area contributed by atoms with Crippen LogP contribution in [-0.2, 0) is 0 Å². The molecule has 1 fully saturated rings. The van der Waals surface area contributed by atoms with E-state index in [-0.39, 0.29) is 5.78 Å². The third-order valence-electron chi connectivity index (χ3n) is 3.57. The highest BCUT2D eigenvalue weighted by molar-refractivity contribution is 9.10. The molecule has 1 nitrogen and oxygen atoms in total. The number of carbonyl (C=O) groups excluding carboxylic acids is 1. The lowest BCUT2D eigenvalue weighted by molar-refractivity contribution is 0.104. The van der Waals surface area contributed by atoms with Crippen molar-refractivity contribution < 1.29 is 4.79 Å². The van der Waals surface area contributed by atoms with E-state index in [0.29, 0.717) is 0 Å². The van der Waals surface area contributed by atoms with Crippen LogP contribution in [-0.4, -0.2) is 5.78 Å². The molecule has 1 aromatic carbocycles. The Morgan fingerprint density at radius 1 is 1.17 bits per heavy atom. The zero-order valence-electron chi connectivity index (χ0n) is 9.86. The molecule has 0 spiro atoms. The first-order chi connectivity index (χ1) is 8.75. The van der Waals surface area contributed by atoms with Crippen molar-refractivity contribution in [2.75, 3.05) is 0 Å². The summed E-state index contributed by atoms with van der Waals surface area (Å²) in [5.74, 6) is 0.833. The summed E-state index contributed by atoms with van der Waals surface area (Å²) in [6.07, 6.45) is 3.93. The van der Waals surface area contributed by atoms with E-state index < -0.39 is 0 Å². The van der Waals surface area contributed by atoms with Gasteiger partial charge in [-0.3, -0.25) is 4.79 Å². The average molecular weight is 321 g/mol. The van der Waals surface area contributed by atoms with Gasteiger partial charge in [-0.25, -0.2) is 0 Å². The Morgan fingerprint density at radius 3 is 2.39 bits per heavy atom. The lowest BCUT2D eigenvalue weighted by Crippen LogP contribution is -2.09. The number of hydrogen-bond acceptors (Lipinski definition) is 2. The fourth-order valence-corrected chi connectivity index (χ4v) is 3.75. The fourth-order valence-electron chi connectivity index (χ4n) is 2.24.